The second-order valence-corrected chi connectivity index (χ2v) is 4.37. The van der Waals surface area contributed by atoms with Crippen molar-refractivity contribution in [3.05, 3.63) is 0 Å². The number of hydrogen-bond acceptors (Lipinski definition) is 2. The SMILES string of the molecule is N#CCC12CCC(N)(CC1)C2. The van der Waals surface area contributed by atoms with Crippen LogP contribution in [0.5, 0.6) is 0 Å². The number of rotatable bonds is 1. The van der Waals surface area contributed by atoms with E-state index in [2.05, 4.69) is 6.07 Å². The highest BCUT2D eigenvalue weighted by Crippen LogP contribution is 2.56. The van der Waals surface area contributed by atoms with Gasteiger partial charge in [0.25, 0.3) is 0 Å². The van der Waals surface area contributed by atoms with Gasteiger partial charge in [-0.1, -0.05) is 0 Å². The quantitative estimate of drug-likeness (QED) is 0.616. The predicted octanol–water partition coefficient (Wildman–Crippen LogP) is 1.56. The first-order chi connectivity index (χ1) is 5.18. The molecule has 0 aromatic heterocycles. The first-order valence-corrected chi connectivity index (χ1v) is 4.34. The van der Waals surface area contributed by atoms with Gasteiger partial charge in [0.15, 0.2) is 0 Å². The van der Waals surface area contributed by atoms with Crippen molar-refractivity contribution in [2.45, 2.75) is 44.1 Å². The molecule has 0 saturated heterocycles. The minimum absolute atomic E-state index is 0.122. The maximum Gasteiger partial charge on any atom is 0.0627 e. The van der Waals surface area contributed by atoms with Crippen LogP contribution >= 0.6 is 0 Å². The molecule has 2 saturated carbocycles. The Morgan fingerprint density at radius 1 is 1.27 bits per heavy atom. The summed E-state index contributed by atoms with van der Waals surface area (Å²) in [6.45, 7) is 0. The molecule has 2 fully saturated rings. The highest BCUT2D eigenvalue weighted by atomic mass is 14.8. The highest BCUT2D eigenvalue weighted by molar-refractivity contribution is 5.10. The molecular formula is C9H14N2. The zero-order valence-electron chi connectivity index (χ0n) is 6.77. The van der Waals surface area contributed by atoms with Gasteiger partial charge in [0.1, 0.15) is 0 Å². The number of hydrogen-bond donors (Lipinski definition) is 1. The van der Waals surface area contributed by atoms with Crippen molar-refractivity contribution in [1.29, 1.82) is 5.26 Å². The molecule has 2 aliphatic carbocycles. The van der Waals surface area contributed by atoms with Crippen molar-refractivity contribution in [3.63, 3.8) is 0 Å². The molecule has 2 aliphatic rings. The molecule has 2 heteroatoms. The number of nitriles is 1. The van der Waals surface area contributed by atoms with Crippen molar-refractivity contribution >= 4 is 0 Å². The van der Waals surface area contributed by atoms with E-state index in [4.69, 9.17) is 11.0 Å². The van der Waals surface area contributed by atoms with E-state index in [0.29, 0.717) is 5.41 Å². The normalized spacial score (nSPS) is 47.6. The van der Waals surface area contributed by atoms with Gasteiger partial charge >= 0.3 is 0 Å². The van der Waals surface area contributed by atoms with Gasteiger partial charge < -0.3 is 5.73 Å². The van der Waals surface area contributed by atoms with E-state index < -0.39 is 0 Å². The Bertz CT molecular complexity index is 206. The maximum absolute atomic E-state index is 8.63. The fourth-order valence-electron chi connectivity index (χ4n) is 2.79. The third kappa shape index (κ3) is 0.954. The molecule has 0 heterocycles. The summed E-state index contributed by atoms with van der Waals surface area (Å²) in [5.41, 5.74) is 6.56. The van der Waals surface area contributed by atoms with Crippen LogP contribution in [-0.4, -0.2) is 5.54 Å². The van der Waals surface area contributed by atoms with Gasteiger partial charge in [0, 0.05) is 12.0 Å². The standard InChI is InChI=1S/C9H14N2/c10-6-5-8-1-3-9(11,7-8)4-2-8/h1-5,7,11H2. The molecule has 2 bridgehead atoms. The van der Waals surface area contributed by atoms with E-state index in [-0.39, 0.29) is 5.54 Å². The lowest BCUT2D eigenvalue weighted by Gasteiger charge is -2.23. The van der Waals surface area contributed by atoms with Crippen LogP contribution in [0.25, 0.3) is 0 Å². The van der Waals surface area contributed by atoms with Gasteiger partial charge in [-0.15, -0.1) is 0 Å². The second-order valence-electron chi connectivity index (χ2n) is 4.37. The molecule has 0 radical (unpaired) electrons. The van der Waals surface area contributed by atoms with Crippen molar-refractivity contribution in [1.82, 2.24) is 0 Å². The summed E-state index contributed by atoms with van der Waals surface area (Å²) >= 11 is 0. The molecule has 0 atom stereocenters. The zero-order chi connectivity index (χ0) is 7.95. The molecule has 0 aromatic carbocycles. The Kier molecular flexibility index (Phi) is 1.28. The molecule has 0 amide bonds. The maximum atomic E-state index is 8.63. The van der Waals surface area contributed by atoms with Crippen LogP contribution < -0.4 is 5.73 Å². The van der Waals surface area contributed by atoms with Gasteiger partial charge in [-0.05, 0) is 37.5 Å². The summed E-state index contributed by atoms with van der Waals surface area (Å²) in [5.74, 6) is 0. The van der Waals surface area contributed by atoms with Crippen LogP contribution in [0.1, 0.15) is 38.5 Å². The summed E-state index contributed by atoms with van der Waals surface area (Å²) in [5, 5.41) is 8.63. The van der Waals surface area contributed by atoms with Crippen LogP contribution in [0, 0.1) is 16.7 Å². The fourth-order valence-corrected chi connectivity index (χ4v) is 2.79. The Hall–Kier alpha value is -0.550. The molecule has 2 N–H and O–H groups in total. The van der Waals surface area contributed by atoms with Crippen LogP contribution in [0.4, 0.5) is 0 Å². The van der Waals surface area contributed by atoms with E-state index >= 15 is 0 Å². The number of fused-ring (bicyclic) bond motifs is 2. The molecule has 60 valence electrons. The van der Waals surface area contributed by atoms with E-state index in [0.717, 1.165) is 25.7 Å². The van der Waals surface area contributed by atoms with Crippen LogP contribution in [0.2, 0.25) is 0 Å². The summed E-state index contributed by atoms with van der Waals surface area (Å²) in [6.07, 6.45) is 6.51. The lowest BCUT2D eigenvalue weighted by molar-refractivity contribution is 0.300. The third-order valence-corrected chi connectivity index (χ3v) is 3.49. The molecule has 11 heavy (non-hydrogen) atoms. The second kappa shape index (κ2) is 1.98. The van der Waals surface area contributed by atoms with E-state index in [1.165, 1.54) is 12.8 Å². The molecule has 0 aliphatic heterocycles. The minimum Gasteiger partial charge on any atom is -0.325 e. The van der Waals surface area contributed by atoms with Crippen LogP contribution in [-0.2, 0) is 0 Å². The Balaban J connectivity index is 2.15. The van der Waals surface area contributed by atoms with Gasteiger partial charge in [-0.25, -0.2) is 0 Å². The zero-order valence-corrected chi connectivity index (χ0v) is 6.77. The van der Waals surface area contributed by atoms with E-state index in [1.54, 1.807) is 0 Å². The van der Waals surface area contributed by atoms with Gasteiger partial charge in [0.05, 0.1) is 6.07 Å². The lowest BCUT2D eigenvalue weighted by Crippen LogP contribution is -2.33. The van der Waals surface area contributed by atoms with Gasteiger partial charge in [0.2, 0.25) is 0 Å². The Morgan fingerprint density at radius 2 is 1.91 bits per heavy atom. The Morgan fingerprint density at radius 3 is 2.27 bits per heavy atom. The number of nitrogens with zero attached hydrogens (tertiary/aromatic N) is 1. The molecule has 0 spiro atoms. The smallest absolute Gasteiger partial charge is 0.0627 e. The first-order valence-electron chi connectivity index (χ1n) is 4.34. The monoisotopic (exact) mass is 150 g/mol. The van der Waals surface area contributed by atoms with Crippen LogP contribution in [0.15, 0.2) is 0 Å². The molecule has 0 unspecified atom stereocenters. The third-order valence-electron chi connectivity index (χ3n) is 3.49. The van der Waals surface area contributed by atoms with Crippen molar-refractivity contribution in [3.8, 4) is 6.07 Å². The molecule has 2 nitrogen and oxygen atoms in total. The summed E-state index contributed by atoms with van der Waals surface area (Å²) in [7, 11) is 0. The lowest BCUT2D eigenvalue weighted by atomic mass is 9.82. The summed E-state index contributed by atoms with van der Waals surface area (Å²) in [6, 6.07) is 2.29. The number of nitrogens with two attached hydrogens (primary N) is 1. The molecule has 2 rings (SSSR count). The van der Waals surface area contributed by atoms with Gasteiger partial charge in [-0.3, -0.25) is 0 Å². The topological polar surface area (TPSA) is 49.8 Å². The van der Waals surface area contributed by atoms with Crippen molar-refractivity contribution < 1.29 is 0 Å². The minimum atomic E-state index is 0.122. The summed E-state index contributed by atoms with van der Waals surface area (Å²) in [4.78, 5) is 0. The van der Waals surface area contributed by atoms with E-state index in [1.807, 2.05) is 0 Å². The fraction of sp³-hybridized carbons (Fsp3) is 0.889. The largest absolute Gasteiger partial charge is 0.325 e. The molecule has 0 aromatic rings. The first kappa shape index (κ1) is 7.12. The van der Waals surface area contributed by atoms with Gasteiger partial charge in [-0.2, -0.15) is 5.26 Å². The van der Waals surface area contributed by atoms with Crippen molar-refractivity contribution in [2.24, 2.45) is 11.1 Å². The molecular weight excluding hydrogens is 136 g/mol. The average Bonchev–Trinajstić information content (AvgIpc) is 2.42. The summed E-state index contributed by atoms with van der Waals surface area (Å²) < 4.78 is 0. The average molecular weight is 150 g/mol. The van der Waals surface area contributed by atoms with Crippen LogP contribution in [0.3, 0.4) is 0 Å². The Labute approximate surface area is 67.4 Å². The predicted molar refractivity (Wildman–Crippen MR) is 42.7 cm³/mol. The highest BCUT2D eigenvalue weighted by Gasteiger charge is 2.51. The van der Waals surface area contributed by atoms with E-state index in [9.17, 15) is 0 Å². The van der Waals surface area contributed by atoms with Crippen molar-refractivity contribution in [2.75, 3.05) is 0 Å².